The standard InChI is InChI=1S/C28H28N4O3S/c1-17-15-22(18(2)31(17)19-8-10-20(33)11-9-19)27-26(23-7-5-6-14-29-23)30-28(36)32(27)24-16-21(34-3)12-13-25(24)35-4/h5-16,26-27,33H,1-4H3,(H,30,36)/t26-,27+/m1/s1. The van der Waals surface area contributed by atoms with Crippen LogP contribution in [-0.4, -0.2) is 34.0 Å². The lowest BCUT2D eigenvalue weighted by atomic mass is 9.96. The zero-order valence-electron chi connectivity index (χ0n) is 20.6. The number of anilines is 1. The van der Waals surface area contributed by atoms with Crippen LogP contribution in [0.15, 0.2) is 72.9 Å². The number of aromatic nitrogens is 2. The van der Waals surface area contributed by atoms with Crippen molar-refractivity contribution in [2.75, 3.05) is 19.1 Å². The highest BCUT2D eigenvalue weighted by Crippen LogP contribution is 2.47. The molecule has 1 fully saturated rings. The lowest BCUT2D eigenvalue weighted by Gasteiger charge is -2.29. The van der Waals surface area contributed by atoms with Gasteiger partial charge in [0.05, 0.1) is 37.7 Å². The van der Waals surface area contributed by atoms with Crippen molar-refractivity contribution in [3.8, 4) is 22.9 Å². The lowest BCUT2D eigenvalue weighted by Crippen LogP contribution is -2.30. The molecule has 3 heterocycles. The normalized spacial score (nSPS) is 17.2. The van der Waals surface area contributed by atoms with E-state index in [0.717, 1.165) is 34.0 Å². The van der Waals surface area contributed by atoms with E-state index >= 15 is 0 Å². The zero-order chi connectivity index (χ0) is 25.4. The van der Waals surface area contributed by atoms with Crippen LogP contribution in [0.25, 0.3) is 5.69 Å². The fraction of sp³-hybridized carbons (Fsp3) is 0.214. The number of pyridine rings is 1. The Balaban J connectivity index is 1.71. The van der Waals surface area contributed by atoms with E-state index in [4.69, 9.17) is 21.7 Å². The average molecular weight is 501 g/mol. The molecule has 7 nitrogen and oxygen atoms in total. The Bertz CT molecular complexity index is 1400. The number of nitrogens with one attached hydrogen (secondary N) is 1. The van der Waals surface area contributed by atoms with Crippen molar-refractivity contribution in [3.05, 3.63) is 95.6 Å². The second-order valence-corrected chi connectivity index (χ2v) is 9.10. The smallest absolute Gasteiger partial charge is 0.174 e. The van der Waals surface area contributed by atoms with Gasteiger partial charge in [0.25, 0.3) is 0 Å². The summed E-state index contributed by atoms with van der Waals surface area (Å²) >= 11 is 5.91. The molecule has 2 N–H and O–H groups in total. The van der Waals surface area contributed by atoms with Gasteiger partial charge in [0.1, 0.15) is 17.2 Å². The number of hydrogen-bond acceptors (Lipinski definition) is 5. The van der Waals surface area contributed by atoms with Gasteiger partial charge in [-0.05, 0) is 86.2 Å². The molecule has 0 aliphatic carbocycles. The Morgan fingerprint density at radius 3 is 2.42 bits per heavy atom. The second-order valence-electron chi connectivity index (χ2n) is 8.71. The van der Waals surface area contributed by atoms with Gasteiger partial charge in [-0.3, -0.25) is 4.98 Å². The van der Waals surface area contributed by atoms with Gasteiger partial charge in [-0.25, -0.2) is 0 Å². The Morgan fingerprint density at radius 1 is 0.972 bits per heavy atom. The molecule has 0 amide bonds. The van der Waals surface area contributed by atoms with E-state index in [2.05, 4.69) is 39.7 Å². The molecule has 4 aromatic rings. The molecule has 0 spiro atoms. The van der Waals surface area contributed by atoms with Crippen LogP contribution < -0.4 is 19.7 Å². The molecule has 184 valence electrons. The third-order valence-electron chi connectivity index (χ3n) is 6.64. The van der Waals surface area contributed by atoms with E-state index in [9.17, 15) is 5.11 Å². The monoisotopic (exact) mass is 500 g/mol. The van der Waals surface area contributed by atoms with Crippen LogP contribution in [0.2, 0.25) is 0 Å². The van der Waals surface area contributed by atoms with Gasteiger partial charge < -0.3 is 29.4 Å². The molecular formula is C28H28N4O3S. The number of thiocarbonyl (C=S) groups is 1. The number of rotatable bonds is 6. The number of aryl methyl sites for hydroxylation is 1. The Labute approximate surface area is 215 Å². The van der Waals surface area contributed by atoms with Gasteiger partial charge in [0.15, 0.2) is 5.11 Å². The Morgan fingerprint density at radius 2 is 1.75 bits per heavy atom. The fourth-order valence-corrected chi connectivity index (χ4v) is 5.34. The van der Waals surface area contributed by atoms with Crippen LogP contribution in [0.3, 0.4) is 0 Å². The Kier molecular flexibility index (Phi) is 6.28. The minimum absolute atomic E-state index is 0.191. The third-order valence-corrected chi connectivity index (χ3v) is 6.96. The highest BCUT2D eigenvalue weighted by molar-refractivity contribution is 7.80. The second kappa shape index (κ2) is 9.54. The SMILES string of the molecule is COc1ccc(OC)c(N2C(=S)N[C@H](c3ccccn3)[C@@H]2c2cc(C)n(-c3ccc(O)cc3)c2C)c1. The quantitative estimate of drug-likeness (QED) is 0.344. The van der Waals surface area contributed by atoms with Crippen LogP contribution in [0, 0.1) is 13.8 Å². The molecule has 36 heavy (non-hydrogen) atoms. The minimum Gasteiger partial charge on any atom is -0.508 e. The van der Waals surface area contributed by atoms with E-state index in [1.54, 1.807) is 32.5 Å². The predicted molar refractivity (Wildman–Crippen MR) is 144 cm³/mol. The van der Waals surface area contributed by atoms with Crippen LogP contribution in [0.1, 0.15) is 34.7 Å². The molecular weight excluding hydrogens is 472 g/mol. The van der Waals surface area contributed by atoms with Gasteiger partial charge in [-0.15, -0.1) is 0 Å². The largest absolute Gasteiger partial charge is 0.508 e. The summed E-state index contributed by atoms with van der Waals surface area (Å²) in [6, 6.07) is 20.6. The van der Waals surface area contributed by atoms with E-state index in [1.165, 1.54) is 0 Å². The van der Waals surface area contributed by atoms with Crippen LogP contribution in [-0.2, 0) is 0 Å². The maximum atomic E-state index is 9.80. The summed E-state index contributed by atoms with van der Waals surface area (Å²) in [6.07, 6.45) is 1.80. The number of benzene rings is 2. The predicted octanol–water partition coefficient (Wildman–Crippen LogP) is 5.39. The van der Waals surface area contributed by atoms with Gasteiger partial charge in [-0.2, -0.15) is 0 Å². The maximum Gasteiger partial charge on any atom is 0.174 e. The highest BCUT2D eigenvalue weighted by atomic mass is 32.1. The van der Waals surface area contributed by atoms with Gasteiger partial charge in [-0.1, -0.05) is 6.07 Å². The molecule has 2 atom stereocenters. The van der Waals surface area contributed by atoms with Crippen molar-refractivity contribution >= 4 is 23.0 Å². The van der Waals surface area contributed by atoms with E-state index in [0.29, 0.717) is 16.6 Å². The van der Waals surface area contributed by atoms with E-state index < -0.39 is 0 Å². The summed E-state index contributed by atoms with van der Waals surface area (Å²) in [5.74, 6) is 1.64. The zero-order valence-corrected chi connectivity index (χ0v) is 21.4. The number of phenolic OH excluding ortho intramolecular Hbond substituents is 1. The topological polar surface area (TPSA) is 71.8 Å². The molecule has 1 saturated heterocycles. The van der Waals surface area contributed by atoms with Crippen LogP contribution in [0.4, 0.5) is 5.69 Å². The van der Waals surface area contributed by atoms with Gasteiger partial charge in [0.2, 0.25) is 0 Å². The summed E-state index contributed by atoms with van der Waals surface area (Å²) in [7, 11) is 3.30. The number of methoxy groups -OCH3 is 2. The summed E-state index contributed by atoms with van der Waals surface area (Å²) in [5, 5.41) is 13.9. The third kappa shape index (κ3) is 4.03. The summed E-state index contributed by atoms with van der Waals surface area (Å²) in [6.45, 7) is 4.18. The molecule has 5 rings (SSSR count). The highest BCUT2D eigenvalue weighted by Gasteiger charge is 2.43. The molecule has 0 bridgehead atoms. The van der Waals surface area contributed by atoms with Crippen LogP contribution in [0.5, 0.6) is 17.2 Å². The fourth-order valence-electron chi connectivity index (χ4n) is 5.00. The van der Waals surface area contributed by atoms with Gasteiger partial charge >= 0.3 is 0 Å². The molecule has 2 aromatic carbocycles. The molecule has 1 aliphatic rings. The summed E-state index contributed by atoms with van der Waals surface area (Å²) in [4.78, 5) is 6.76. The molecule has 0 saturated carbocycles. The first-order valence-electron chi connectivity index (χ1n) is 11.6. The number of phenols is 1. The maximum absolute atomic E-state index is 9.80. The van der Waals surface area contributed by atoms with Gasteiger partial charge in [0, 0.05) is 29.3 Å². The van der Waals surface area contributed by atoms with Crippen LogP contribution >= 0.6 is 12.2 Å². The Hall–Kier alpha value is -4.04. The van der Waals surface area contributed by atoms with E-state index in [-0.39, 0.29) is 17.8 Å². The van der Waals surface area contributed by atoms with Crippen molar-refractivity contribution in [2.24, 2.45) is 0 Å². The molecule has 2 aromatic heterocycles. The average Bonchev–Trinajstić information content (AvgIpc) is 3.39. The van der Waals surface area contributed by atoms with Crippen molar-refractivity contribution in [3.63, 3.8) is 0 Å². The first-order chi connectivity index (χ1) is 17.4. The number of nitrogens with zero attached hydrogens (tertiary/aromatic N) is 3. The molecule has 0 unspecified atom stereocenters. The van der Waals surface area contributed by atoms with Crippen molar-refractivity contribution in [2.45, 2.75) is 25.9 Å². The number of hydrogen-bond donors (Lipinski definition) is 2. The molecule has 8 heteroatoms. The van der Waals surface area contributed by atoms with Crippen molar-refractivity contribution < 1.29 is 14.6 Å². The lowest BCUT2D eigenvalue weighted by molar-refractivity contribution is 0.403. The number of aromatic hydroxyl groups is 1. The van der Waals surface area contributed by atoms with E-state index in [1.807, 2.05) is 48.5 Å². The molecule has 0 radical (unpaired) electrons. The number of ether oxygens (including phenoxy) is 2. The van der Waals surface area contributed by atoms with Crippen molar-refractivity contribution in [1.82, 2.24) is 14.9 Å². The molecule has 1 aliphatic heterocycles. The summed E-state index contributed by atoms with van der Waals surface area (Å²) in [5.41, 5.74) is 5.93. The first-order valence-corrected chi connectivity index (χ1v) is 12.0. The minimum atomic E-state index is -0.203. The van der Waals surface area contributed by atoms with Crippen molar-refractivity contribution in [1.29, 1.82) is 0 Å². The first kappa shape index (κ1) is 23.7. The summed E-state index contributed by atoms with van der Waals surface area (Å²) < 4.78 is 13.5.